The first-order valence-corrected chi connectivity index (χ1v) is 6.15. The van der Waals surface area contributed by atoms with Crippen LogP contribution in [-0.2, 0) is 6.42 Å². The number of rotatable bonds is 6. The Bertz CT molecular complexity index is 258. The first-order valence-electron chi connectivity index (χ1n) is 6.15. The third-order valence-electron chi connectivity index (χ3n) is 3.00. The van der Waals surface area contributed by atoms with Crippen LogP contribution < -0.4 is 0 Å². The number of hydrogen-bond acceptors (Lipinski definition) is 0. The minimum atomic E-state index is 0.831. The summed E-state index contributed by atoms with van der Waals surface area (Å²) in [5.74, 6) is 0.831. The van der Waals surface area contributed by atoms with Gasteiger partial charge in [-0.1, -0.05) is 51.7 Å². The standard InChI is InChI=1S/C15H22/c1-4-6-7-14(5-2)12-15-10-8-13(3)9-11-15/h8,11,14H,4-7,12H2,1-3H3. The van der Waals surface area contributed by atoms with E-state index in [0.717, 1.165) is 5.92 Å². The van der Waals surface area contributed by atoms with E-state index in [9.17, 15) is 0 Å². The maximum Gasteiger partial charge on any atom is -0.0146 e. The number of hydrogen-bond donors (Lipinski definition) is 0. The summed E-state index contributed by atoms with van der Waals surface area (Å²) in [5, 5.41) is 0. The average Bonchev–Trinajstić information content (AvgIpc) is 2.27. The predicted molar refractivity (Wildman–Crippen MR) is 65.9 cm³/mol. The van der Waals surface area contributed by atoms with Crippen molar-refractivity contribution in [1.82, 2.24) is 0 Å². The van der Waals surface area contributed by atoms with E-state index in [4.69, 9.17) is 0 Å². The molecule has 0 spiro atoms. The first kappa shape index (κ1) is 12.3. The van der Waals surface area contributed by atoms with Crippen molar-refractivity contribution in [2.45, 2.75) is 52.9 Å². The zero-order valence-corrected chi connectivity index (χ0v) is 10.3. The van der Waals surface area contributed by atoms with Crippen LogP contribution >= 0.6 is 0 Å². The Morgan fingerprint density at radius 2 is 2.00 bits per heavy atom. The minimum absolute atomic E-state index is 0.831. The van der Waals surface area contributed by atoms with E-state index in [2.05, 4.69) is 39.0 Å². The van der Waals surface area contributed by atoms with Gasteiger partial charge in [-0.25, -0.2) is 0 Å². The highest BCUT2D eigenvalue weighted by molar-refractivity contribution is 5.19. The Morgan fingerprint density at radius 1 is 1.20 bits per heavy atom. The maximum absolute atomic E-state index is 3.35. The fraction of sp³-hybridized carbons (Fsp3) is 0.600. The van der Waals surface area contributed by atoms with Gasteiger partial charge >= 0.3 is 0 Å². The van der Waals surface area contributed by atoms with Crippen LogP contribution in [0.25, 0.3) is 0 Å². The maximum atomic E-state index is 3.35. The van der Waals surface area contributed by atoms with Crippen molar-refractivity contribution in [3.05, 3.63) is 35.4 Å². The van der Waals surface area contributed by atoms with Crippen molar-refractivity contribution in [3.8, 4) is 0 Å². The van der Waals surface area contributed by atoms with Gasteiger partial charge in [0.25, 0.3) is 0 Å². The fourth-order valence-corrected chi connectivity index (χ4v) is 1.86. The molecule has 0 aromatic heterocycles. The van der Waals surface area contributed by atoms with Gasteiger partial charge in [0.2, 0.25) is 0 Å². The van der Waals surface area contributed by atoms with E-state index in [1.807, 2.05) is 6.07 Å². The van der Waals surface area contributed by atoms with E-state index >= 15 is 0 Å². The van der Waals surface area contributed by atoms with E-state index in [1.165, 1.54) is 43.2 Å². The van der Waals surface area contributed by atoms with E-state index in [1.54, 1.807) is 0 Å². The highest BCUT2D eigenvalue weighted by Gasteiger charge is 2.06. The lowest BCUT2D eigenvalue weighted by molar-refractivity contribution is 0.449. The molecular formula is C15H22. The molecule has 1 rings (SSSR count). The van der Waals surface area contributed by atoms with Crippen LogP contribution in [0, 0.1) is 25.0 Å². The highest BCUT2D eigenvalue weighted by atomic mass is 14.1. The van der Waals surface area contributed by atoms with Gasteiger partial charge in [0, 0.05) is 0 Å². The van der Waals surface area contributed by atoms with Crippen molar-refractivity contribution in [2.75, 3.05) is 0 Å². The molecule has 1 atom stereocenters. The summed E-state index contributed by atoms with van der Waals surface area (Å²) >= 11 is 0. The molecule has 0 fully saturated rings. The molecular weight excluding hydrogens is 180 g/mol. The molecule has 15 heavy (non-hydrogen) atoms. The number of aryl methyl sites for hydroxylation is 1. The molecule has 0 saturated heterocycles. The molecule has 82 valence electrons. The van der Waals surface area contributed by atoms with Gasteiger partial charge in [0.15, 0.2) is 0 Å². The Kier molecular flexibility index (Phi) is 5.45. The summed E-state index contributed by atoms with van der Waals surface area (Å²) in [6.07, 6.45) is 6.47. The molecule has 0 bridgehead atoms. The molecule has 0 aliphatic carbocycles. The van der Waals surface area contributed by atoms with Gasteiger partial charge in [-0.05, 0) is 42.5 Å². The normalized spacial score (nSPS) is 12.7. The van der Waals surface area contributed by atoms with Crippen LogP contribution in [0.15, 0.2) is 12.1 Å². The summed E-state index contributed by atoms with van der Waals surface area (Å²) in [6.45, 7) is 6.62. The third-order valence-corrected chi connectivity index (χ3v) is 3.00. The topological polar surface area (TPSA) is 0 Å². The molecule has 0 nitrogen and oxygen atoms in total. The van der Waals surface area contributed by atoms with Crippen molar-refractivity contribution < 1.29 is 0 Å². The lowest BCUT2D eigenvalue weighted by atomic mass is 9.92. The van der Waals surface area contributed by atoms with Gasteiger partial charge in [-0.3, -0.25) is 0 Å². The molecule has 0 heteroatoms. The lowest BCUT2D eigenvalue weighted by Crippen LogP contribution is -2.03. The van der Waals surface area contributed by atoms with Crippen LogP contribution in [0.5, 0.6) is 0 Å². The zero-order chi connectivity index (χ0) is 11.1. The van der Waals surface area contributed by atoms with Crippen molar-refractivity contribution in [3.63, 3.8) is 0 Å². The molecule has 0 aliphatic heterocycles. The molecule has 0 amide bonds. The molecule has 1 unspecified atom stereocenters. The lowest BCUT2D eigenvalue weighted by Gasteiger charge is -2.14. The van der Waals surface area contributed by atoms with Crippen molar-refractivity contribution >= 4 is 0 Å². The largest absolute Gasteiger partial charge is 0.0654 e. The molecule has 1 aromatic rings. The Hall–Kier alpha value is -0.780. The first-order chi connectivity index (χ1) is 7.26. The van der Waals surface area contributed by atoms with E-state index < -0.39 is 0 Å². The van der Waals surface area contributed by atoms with E-state index in [-0.39, 0.29) is 0 Å². The van der Waals surface area contributed by atoms with Crippen LogP contribution in [0.1, 0.15) is 50.7 Å². The molecule has 0 N–H and O–H groups in total. The molecule has 0 aliphatic rings. The monoisotopic (exact) mass is 202 g/mol. The highest BCUT2D eigenvalue weighted by Crippen LogP contribution is 2.18. The molecule has 2 radical (unpaired) electrons. The quantitative estimate of drug-likeness (QED) is 0.643. The van der Waals surface area contributed by atoms with Crippen molar-refractivity contribution in [1.29, 1.82) is 0 Å². The van der Waals surface area contributed by atoms with Gasteiger partial charge in [0.1, 0.15) is 0 Å². The van der Waals surface area contributed by atoms with Crippen molar-refractivity contribution in [2.24, 2.45) is 5.92 Å². The van der Waals surface area contributed by atoms with Crippen LogP contribution in [0.2, 0.25) is 0 Å². The van der Waals surface area contributed by atoms with Gasteiger partial charge in [-0.15, -0.1) is 0 Å². The minimum Gasteiger partial charge on any atom is -0.0654 e. The Morgan fingerprint density at radius 3 is 2.53 bits per heavy atom. The number of unbranched alkanes of at least 4 members (excludes halogenated alkanes) is 1. The summed E-state index contributed by atoms with van der Waals surface area (Å²) in [7, 11) is 0. The van der Waals surface area contributed by atoms with Crippen LogP contribution in [-0.4, -0.2) is 0 Å². The predicted octanol–water partition coefficient (Wildman–Crippen LogP) is 4.35. The second-order valence-electron chi connectivity index (χ2n) is 4.41. The summed E-state index contributed by atoms with van der Waals surface area (Å²) < 4.78 is 0. The summed E-state index contributed by atoms with van der Waals surface area (Å²) in [5.41, 5.74) is 2.50. The summed E-state index contributed by atoms with van der Waals surface area (Å²) in [6, 6.07) is 10.7. The Labute approximate surface area is 94.7 Å². The zero-order valence-electron chi connectivity index (χ0n) is 10.3. The average molecular weight is 202 g/mol. The molecule has 0 heterocycles. The van der Waals surface area contributed by atoms with Crippen LogP contribution in [0.3, 0.4) is 0 Å². The van der Waals surface area contributed by atoms with E-state index in [0.29, 0.717) is 0 Å². The summed E-state index contributed by atoms with van der Waals surface area (Å²) in [4.78, 5) is 0. The fourth-order valence-electron chi connectivity index (χ4n) is 1.86. The van der Waals surface area contributed by atoms with Gasteiger partial charge in [0.05, 0.1) is 0 Å². The second-order valence-corrected chi connectivity index (χ2v) is 4.41. The van der Waals surface area contributed by atoms with Crippen LogP contribution in [0.4, 0.5) is 0 Å². The smallest absolute Gasteiger partial charge is 0.0146 e. The molecule has 1 aromatic carbocycles. The molecule has 0 saturated carbocycles. The third kappa shape index (κ3) is 4.51. The van der Waals surface area contributed by atoms with Gasteiger partial charge < -0.3 is 0 Å². The second kappa shape index (κ2) is 6.66. The Balaban J connectivity index is 2.47. The SMILES string of the molecule is CCCCC(CC)Cc1[c]cc(C)[c]c1. The van der Waals surface area contributed by atoms with Gasteiger partial charge in [-0.2, -0.15) is 0 Å². The number of benzene rings is 1.